The van der Waals surface area contributed by atoms with Crippen LogP contribution in [-0.4, -0.2) is 34.5 Å². The number of aromatic nitrogens is 2. The third-order valence-electron chi connectivity index (χ3n) is 4.42. The van der Waals surface area contributed by atoms with Gasteiger partial charge in [-0.1, -0.05) is 0 Å². The largest absolute Gasteiger partial charge is 0.516 e. The summed E-state index contributed by atoms with van der Waals surface area (Å²) >= 11 is 3.49. The van der Waals surface area contributed by atoms with Gasteiger partial charge >= 0.3 is 7.12 Å². The van der Waals surface area contributed by atoms with Crippen LogP contribution < -0.4 is 5.59 Å². The average Bonchev–Trinajstić information content (AvgIpc) is 2.98. The minimum atomic E-state index is -0.432. The molecular formula is C13H20BBrN2O3. The molecule has 0 spiro atoms. The van der Waals surface area contributed by atoms with E-state index in [0.29, 0.717) is 0 Å². The second kappa shape index (κ2) is 4.83. The summed E-state index contributed by atoms with van der Waals surface area (Å²) in [4.78, 5) is 4.52. The summed E-state index contributed by atoms with van der Waals surface area (Å²) in [5.41, 5.74) is 0.0845. The fourth-order valence-corrected chi connectivity index (χ4v) is 2.98. The van der Waals surface area contributed by atoms with Crippen molar-refractivity contribution < 1.29 is 14.0 Å². The van der Waals surface area contributed by atoms with Gasteiger partial charge in [-0.2, -0.15) is 0 Å². The van der Waals surface area contributed by atoms with Crippen LogP contribution >= 0.6 is 15.9 Å². The van der Waals surface area contributed by atoms with Crippen LogP contribution in [0.1, 0.15) is 46.8 Å². The summed E-state index contributed by atoms with van der Waals surface area (Å²) in [6, 6.07) is 0. The Bertz CT molecular complexity index is 496. The molecule has 2 aliphatic rings. The Balaban J connectivity index is 1.84. The summed E-state index contributed by atoms with van der Waals surface area (Å²) < 4.78 is 20.5. The van der Waals surface area contributed by atoms with Crippen molar-refractivity contribution in [2.45, 2.75) is 58.0 Å². The molecule has 110 valence electrons. The summed E-state index contributed by atoms with van der Waals surface area (Å²) in [6.45, 7) is 8.97. The molecule has 0 saturated carbocycles. The number of hydrogen-bond donors (Lipinski definition) is 0. The molecule has 20 heavy (non-hydrogen) atoms. The van der Waals surface area contributed by atoms with Crippen molar-refractivity contribution in [1.82, 2.24) is 9.55 Å². The normalized spacial score (nSPS) is 28.2. The highest BCUT2D eigenvalue weighted by Crippen LogP contribution is 2.36. The first kappa shape index (κ1) is 14.6. The molecule has 1 atom stereocenters. The van der Waals surface area contributed by atoms with Crippen LogP contribution in [0, 0.1) is 0 Å². The molecule has 7 heteroatoms. The molecule has 2 aliphatic heterocycles. The topological polar surface area (TPSA) is 45.5 Å². The van der Waals surface area contributed by atoms with Crippen LogP contribution in [-0.2, 0) is 14.0 Å². The minimum Gasteiger partial charge on any atom is -0.398 e. The van der Waals surface area contributed by atoms with Crippen molar-refractivity contribution in [2.24, 2.45) is 0 Å². The Morgan fingerprint density at radius 2 is 1.95 bits per heavy atom. The van der Waals surface area contributed by atoms with Gasteiger partial charge in [-0.15, -0.1) is 0 Å². The van der Waals surface area contributed by atoms with E-state index in [1.807, 2.05) is 38.5 Å². The lowest BCUT2D eigenvalue weighted by Gasteiger charge is -2.32. The fraction of sp³-hybridized carbons (Fsp3) is 0.769. The maximum absolute atomic E-state index is 6.02. The molecule has 2 saturated heterocycles. The zero-order chi connectivity index (χ0) is 14.5. The van der Waals surface area contributed by atoms with E-state index in [9.17, 15) is 0 Å². The van der Waals surface area contributed by atoms with Gasteiger partial charge in [0.2, 0.25) is 0 Å². The van der Waals surface area contributed by atoms with E-state index in [2.05, 4.69) is 20.9 Å². The van der Waals surface area contributed by atoms with Crippen molar-refractivity contribution >= 4 is 28.6 Å². The van der Waals surface area contributed by atoms with Crippen molar-refractivity contribution in [3.8, 4) is 0 Å². The molecule has 1 unspecified atom stereocenters. The van der Waals surface area contributed by atoms with Gasteiger partial charge in [0.1, 0.15) is 6.23 Å². The van der Waals surface area contributed by atoms with Gasteiger partial charge in [0.25, 0.3) is 0 Å². The SMILES string of the molecule is CC1(C)OB(c2cn(C3CCCO3)c(Br)n2)OC1(C)C. The fourth-order valence-electron chi connectivity index (χ4n) is 2.45. The predicted octanol–water partition coefficient (Wildman–Crippen LogP) is 2.25. The Kier molecular flexibility index (Phi) is 3.52. The monoisotopic (exact) mass is 342 g/mol. The lowest BCUT2D eigenvalue weighted by atomic mass is 9.86. The third-order valence-corrected chi connectivity index (χ3v) is 5.00. The van der Waals surface area contributed by atoms with Crippen LogP contribution in [0.15, 0.2) is 10.9 Å². The molecule has 0 N–H and O–H groups in total. The quantitative estimate of drug-likeness (QED) is 0.773. The first-order valence-corrected chi connectivity index (χ1v) is 7.81. The zero-order valence-electron chi connectivity index (χ0n) is 12.4. The Morgan fingerprint density at radius 1 is 1.30 bits per heavy atom. The van der Waals surface area contributed by atoms with Gasteiger partial charge in [0, 0.05) is 12.8 Å². The molecule has 3 rings (SSSR count). The number of nitrogens with zero attached hydrogens (tertiary/aromatic N) is 2. The van der Waals surface area contributed by atoms with Crippen LogP contribution in [0.4, 0.5) is 0 Å². The van der Waals surface area contributed by atoms with E-state index >= 15 is 0 Å². The van der Waals surface area contributed by atoms with E-state index in [1.54, 1.807) is 0 Å². The van der Waals surface area contributed by atoms with Gasteiger partial charge in [0.05, 0.1) is 16.8 Å². The van der Waals surface area contributed by atoms with Crippen molar-refractivity contribution in [2.75, 3.05) is 6.61 Å². The smallest absolute Gasteiger partial charge is 0.398 e. The number of imidazole rings is 1. The molecule has 0 aromatic carbocycles. The Labute approximate surface area is 128 Å². The Morgan fingerprint density at radius 3 is 2.50 bits per heavy atom. The molecule has 0 radical (unpaired) electrons. The number of halogens is 1. The van der Waals surface area contributed by atoms with E-state index in [0.717, 1.165) is 29.8 Å². The van der Waals surface area contributed by atoms with E-state index in [4.69, 9.17) is 14.0 Å². The minimum absolute atomic E-state index is 0.0630. The van der Waals surface area contributed by atoms with Crippen molar-refractivity contribution in [1.29, 1.82) is 0 Å². The molecule has 0 aliphatic carbocycles. The maximum Gasteiger partial charge on any atom is 0.516 e. The predicted molar refractivity (Wildman–Crippen MR) is 79.9 cm³/mol. The first-order chi connectivity index (χ1) is 9.30. The number of hydrogen-bond acceptors (Lipinski definition) is 4. The maximum atomic E-state index is 6.02. The summed E-state index contributed by atoms with van der Waals surface area (Å²) in [5.74, 6) is 0. The van der Waals surface area contributed by atoms with Crippen LogP contribution in [0.2, 0.25) is 0 Å². The highest BCUT2D eigenvalue weighted by molar-refractivity contribution is 9.10. The third kappa shape index (κ3) is 2.34. The standard InChI is InChI=1S/C13H20BBrN2O3/c1-12(2)13(3,4)20-14(19-12)9-8-17(11(15)16-9)10-6-5-7-18-10/h8,10H,5-7H2,1-4H3. The van der Waals surface area contributed by atoms with Crippen molar-refractivity contribution in [3.63, 3.8) is 0 Å². The molecule has 1 aromatic rings. The van der Waals surface area contributed by atoms with Gasteiger partial charge in [-0.25, -0.2) is 4.98 Å². The van der Waals surface area contributed by atoms with Gasteiger partial charge in [0.15, 0.2) is 4.73 Å². The van der Waals surface area contributed by atoms with Gasteiger partial charge in [-0.3, -0.25) is 4.57 Å². The van der Waals surface area contributed by atoms with Crippen LogP contribution in [0.25, 0.3) is 0 Å². The molecule has 0 bridgehead atoms. The lowest BCUT2D eigenvalue weighted by Crippen LogP contribution is -2.41. The number of ether oxygens (including phenoxy) is 1. The van der Waals surface area contributed by atoms with E-state index in [-0.39, 0.29) is 17.4 Å². The molecule has 1 aromatic heterocycles. The second-order valence-electron chi connectivity index (χ2n) is 6.40. The summed E-state index contributed by atoms with van der Waals surface area (Å²) in [6.07, 6.45) is 4.12. The van der Waals surface area contributed by atoms with E-state index < -0.39 is 7.12 Å². The Hall–Kier alpha value is -0.365. The zero-order valence-corrected chi connectivity index (χ0v) is 13.9. The average molecular weight is 343 g/mol. The summed E-state index contributed by atoms with van der Waals surface area (Å²) in [5, 5.41) is 0. The van der Waals surface area contributed by atoms with Crippen LogP contribution in [0.5, 0.6) is 0 Å². The van der Waals surface area contributed by atoms with Crippen LogP contribution in [0.3, 0.4) is 0 Å². The lowest BCUT2D eigenvalue weighted by molar-refractivity contribution is 0.00578. The van der Waals surface area contributed by atoms with Gasteiger partial charge < -0.3 is 14.0 Å². The molecule has 3 heterocycles. The molecular weight excluding hydrogens is 323 g/mol. The number of rotatable bonds is 2. The highest BCUT2D eigenvalue weighted by Gasteiger charge is 2.52. The summed E-state index contributed by atoms with van der Waals surface area (Å²) in [7, 11) is -0.432. The van der Waals surface area contributed by atoms with E-state index in [1.165, 1.54) is 0 Å². The highest BCUT2D eigenvalue weighted by atomic mass is 79.9. The second-order valence-corrected chi connectivity index (χ2v) is 7.11. The molecule has 2 fully saturated rings. The van der Waals surface area contributed by atoms with Crippen molar-refractivity contribution in [3.05, 3.63) is 10.9 Å². The molecule has 5 nitrogen and oxygen atoms in total. The first-order valence-electron chi connectivity index (χ1n) is 7.02. The molecule has 0 amide bonds. The van der Waals surface area contributed by atoms with Gasteiger partial charge in [-0.05, 0) is 56.5 Å².